The van der Waals surface area contributed by atoms with Gasteiger partial charge in [0.1, 0.15) is 22.6 Å². The number of methoxy groups -OCH3 is 1. The van der Waals surface area contributed by atoms with E-state index in [0.29, 0.717) is 28.7 Å². The average molecular weight is 494 g/mol. The van der Waals surface area contributed by atoms with Crippen molar-refractivity contribution in [1.82, 2.24) is 20.0 Å². The van der Waals surface area contributed by atoms with E-state index in [1.807, 2.05) is 91.8 Å². The molecule has 5 aromatic rings. The zero-order valence-corrected chi connectivity index (χ0v) is 20.8. The average Bonchev–Trinajstić information content (AvgIpc) is 3.19. The second kappa shape index (κ2) is 9.98. The number of fused-ring (bicyclic) bond motifs is 2. The Morgan fingerprint density at radius 3 is 2.35 bits per heavy atom. The number of ether oxygens (including phenoxy) is 1. The summed E-state index contributed by atoms with van der Waals surface area (Å²) >= 11 is 0. The molecule has 0 fully saturated rings. The summed E-state index contributed by atoms with van der Waals surface area (Å²) in [5.41, 5.74) is 11.8. The molecule has 0 saturated heterocycles. The van der Waals surface area contributed by atoms with Crippen molar-refractivity contribution in [2.75, 3.05) is 31.8 Å². The second-order valence-electron chi connectivity index (χ2n) is 8.72. The van der Waals surface area contributed by atoms with Crippen LogP contribution in [0.5, 0.6) is 5.75 Å². The van der Waals surface area contributed by atoms with E-state index in [0.717, 1.165) is 22.6 Å². The Morgan fingerprint density at radius 1 is 1.03 bits per heavy atom. The van der Waals surface area contributed by atoms with Crippen LogP contribution in [0.1, 0.15) is 21.5 Å². The molecule has 5 rings (SSSR count). The van der Waals surface area contributed by atoms with Crippen molar-refractivity contribution in [3.63, 3.8) is 0 Å². The van der Waals surface area contributed by atoms with Crippen molar-refractivity contribution < 1.29 is 9.53 Å². The van der Waals surface area contributed by atoms with Crippen LogP contribution >= 0.6 is 0 Å². The Hall–Kier alpha value is -4.92. The van der Waals surface area contributed by atoms with Gasteiger partial charge in [-0.1, -0.05) is 36.4 Å². The predicted molar refractivity (Wildman–Crippen MR) is 147 cm³/mol. The molecule has 0 atom stereocenters. The molecule has 0 unspecified atom stereocenters. The lowest BCUT2D eigenvalue weighted by atomic mass is 10.2. The van der Waals surface area contributed by atoms with Crippen LogP contribution < -0.4 is 20.7 Å². The molecule has 0 saturated carbocycles. The fourth-order valence-corrected chi connectivity index (χ4v) is 3.99. The highest BCUT2D eigenvalue weighted by Crippen LogP contribution is 2.28. The third kappa shape index (κ3) is 4.79. The zero-order chi connectivity index (χ0) is 25.9. The maximum atomic E-state index is 13.3. The van der Waals surface area contributed by atoms with Crippen LogP contribution in [0.15, 0.2) is 77.9 Å². The van der Waals surface area contributed by atoms with Crippen molar-refractivity contribution >= 4 is 45.8 Å². The van der Waals surface area contributed by atoms with Gasteiger partial charge in [-0.05, 0) is 47.5 Å². The number of nitrogen functional groups attached to an aromatic ring is 1. The van der Waals surface area contributed by atoms with E-state index < -0.39 is 0 Å². The van der Waals surface area contributed by atoms with Crippen molar-refractivity contribution in [2.24, 2.45) is 5.10 Å². The first-order valence-electron chi connectivity index (χ1n) is 11.7. The SMILES string of the molecule is COc1ccc(CNC(=O)c2c(N)n(N=Cc3ccc(N(C)C)cc3)c3nc4ccccc4nc23)cc1. The first kappa shape index (κ1) is 23.8. The number of carbonyl (C=O) groups excluding carboxylic acids is 1. The molecule has 0 bridgehead atoms. The normalized spacial score (nSPS) is 11.3. The number of hydrogen-bond acceptors (Lipinski definition) is 7. The number of hydrogen-bond donors (Lipinski definition) is 2. The number of para-hydroxylation sites is 2. The molecule has 0 aliphatic heterocycles. The van der Waals surface area contributed by atoms with Crippen LogP contribution in [0.4, 0.5) is 11.5 Å². The predicted octanol–water partition coefficient (Wildman–Crippen LogP) is 4.05. The molecule has 1 amide bonds. The van der Waals surface area contributed by atoms with Gasteiger partial charge in [0.2, 0.25) is 0 Å². The van der Waals surface area contributed by atoms with Gasteiger partial charge in [0, 0.05) is 26.3 Å². The number of aromatic nitrogens is 3. The van der Waals surface area contributed by atoms with E-state index in [-0.39, 0.29) is 17.3 Å². The summed E-state index contributed by atoms with van der Waals surface area (Å²) in [7, 11) is 5.58. The van der Waals surface area contributed by atoms with Crippen LogP contribution in [0.25, 0.3) is 22.2 Å². The van der Waals surface area contributed by atoms with E-state index in [4.69, 9.17) is 20.4 Å². The molecular weight excluding hydrogens is 466 g/mol. The summed E-state index contributed by atoms with van der Waals surface area (Å²) in [6.45, 7) is 0.317. The summed E-state index contributed by atoms with van der Waals surface area (Å²) < 4.78 is 6.67. The lowest BCUT2D eigenvalue weighted by molar-refractivity contribution is 0.0953. The van der Waals surface area contributed by atoms with E-state index in [1.54, 1.807) is 13.3 Å². The number of nitrogens with zero attached hydrogens (tertiary/aromatic N) is 5. The van der Waals surface area contributed by atoms with Gasteiger partial charge in [-0.2, -0.15) is 9.78 Å². The highest BCUT2D eigenvalue weighted by atomic mass is 16.5. The summed E-state index contributed by atoms with van der Waals surface area (Å²) in [5.74, 6) is 0.560. The van der Waals surface area contributed by atoms with Crippen molar-refractivity contribution in [2.45, 2.75) is 6.54 Å². The minimum Gasteiger partial charge on any atom is -0.497 e. The Kier molecular flexibility index (Phi) is 6.42. The van der Waals surface area contributed by atoms with Gasteiger partial charge in [-0.3, -0.25) is 4.79 Å². The molecule has 3 aromatic carbocycles. The van der Waals surface area contributed by atoms with Gasteiger partial charge >= 0.3 is 0 Å². The molecule has 9 heteroatoms. The van der Waals surface area contributed by atoms with Gasteiger partial charge < -0.3 is 20.7 Å². The van der Waals surface area contributed by atoms with Crippen molar-refractivity contribution in [1.29, 1.82) is 0 Å². The highest BCUT2D eigenvalue weighted by molar-refractivity contribution is 6.10. The minimum atomic E-state index is -0.354. The van der Waals surface area contributed by atoms with Gasteiger partial charge in [-0.25, -0.2) is 9.97 Å². The highest BCUT2D eigenvalue weighted by Gasteiger charge is 2.24. The summed E-state index contributed by atoms with van der Waals surface area (Å²) in [6.07, 6.45) is 1.69. The Labute approximate surface area is 214 Å². The molecule has 0 spiro atoms. The minimum absolute atomic E-state index is 0.165. The van der Waals surface area contributed by atoms with E-state index in [9.17, 15) is 4.79 Å². The number of nitrogens with two attached hydrogens (primary N) is 1. The Bertz CT molecular complexity index is 1600. The van der Waals surface area contributed by atoms with Gasteiger partial charge in [0.15, 0.2) is 5.65 Å². The van der Waals surface area contributed by atoms with Crippen LogP contribution in [-0.2, 0) is 6.54 Å². The molecule has 3 N–H and O–H groups in total. The van der Waals surface area contributed by atoms with E-state index in [2.05, 4.69) is 10.4 Å². The molecule has 2 aromatic heterocycles. The third-order valence-electron chi connectivity index (χ3n) is 6.04. The lowest BCUT2D eigenvalue weighted by Crippen LogP contribution is -2.23. The molecule has 186 valence electrons. The quantitative estimate of drug-likeness (QED) is 0.331. The number of nitrogens with one attached hydrogen (secondary N) is 1. The molecule has 0 aliphatic rings. The van der Waals surface area contributed by atoms with Crippen LogP contribution in [0, 0.1) is 0 Å². The standard InChI is InChI=1S/C28H27N7O2/c1-34(2)20-12-8-19(9-13-20)17-31-35-26(29)24(25-27(35)33-23-7-5-4-6-22(23)32-25)28(36)30-16-18-10-14-21(37-3)15-11-18/h4-15,17H,16,29H2,1-3H3,(H,30,36). The van der Waals surface area contributed by atoms with E-state index in [1.165, 1.54) is 4.68 Å². The number of anilines is 2. The lowest BCUT2D eigenvalue weighted by Gasteiger charge is -2.11. The van der Waals surface area contributed by atoms with Crippen LogP contribution in [-0.4, -0.2) is 48.0 Å². The summed E-state index contributed by atoms with van der Waals surface area (Å²) in [5, 5.41) is 7.52. The summed E-state index contributed by atoms with van der Waals surface area (Å²) in [4.78, 5) is 24.8. The molecular formula is C28H27N7O2. The monoisotopic (exact) mass is 493 g/mol. The van der Waals surface area contributed by atoms with Crippen molar-refractivity contribution in [3.05, 3.63) is 89.5 Å². The number of rotatable bonds is 7. The first-order chi connectivity index (χ1) is 17.9. The molecule has 9 nitrogen and oxygen atoms in total. The fourth-order valence-electron chi connectivity index (χ4n) is 3.99. The van der Waals surface area contributed by atoms with Gasteiger partial charge in [-0.15, -0.1) is 0 Å². The molecule has 2 heterocycles. The van der Waals surface area contributed by atoms with Crippen molar-refractivity contribution in [3.8, 4) is 5.75 Å². The molecule has 0 radical (unpaired) electrons. The molecule has 37 heavy (non-hydrogen) atoms. The number of carbonyl (C=O) groups is 1. The van der Waals surface area contributed by atoms with Gasteiger partial charge in [0.05, 0.1) is 24.4 Å². The Morgan fingerprint density at radius 2 is 1.70 bits per heavy atom. The van der Waals surface area contributed by atoms with Crippen LogP contribution in [0.2, 0.25) is 0 Å². The zero-order valence-electron chi connectivity index (χ0n) is 20.8. The first-order valence-corrected chi connectivity index (χ1v) is 11.7. The number of benzene rings is 3. The second-order valence-corrected chi connectivity index (χ2v) is 8.72. The summed E-state index contributed by atoms with van der Waals surface area (Å²) in [6, 6.07) is 22.9. The van der Waals surface area contributed by atoms with E-state index >= 15 is 0 Å². The smallest absolute Gasteiger partial charge is 0.257 e. The van der Waals surface area contributed by atoms with Gasteiger partial charge in [0.25, 0.3) is 5.91 Å². The number of amides is 1. The third-order valence-corrected chi connectivity index (χ3v) is 6.04. The fraction of sp³-hybridized carbons (Fsp3) is 0.143. The Balaban J connectivity index is 1.52. The van der Waals surface area contributed by atoms with Crippen LogP contribution in [0.3, 0.4) is 0 Å². The maximum absolute atomic E-state index is 13.3. The maximum Gasteiger partial charge on any atom is 0.257 e. The topological polar surface area (TPSA) is 111 Å². The largest absolute Gasteiger partial charge is 0.497 e. The molecule has 0 aliphatic carbocycles.